The van der Waals surface area contributed by atoms with Gasteiger partial charge in [0.05, 0.1) is 17.5 Å². The number of benzene rings is 1. The molecule has 0 spiro atoms. The molecule has 2 amide bonds. The number of carbonyl (C=O) groups is 2. The van der Waals surface area contributed by atoms with Crippen molar-refractivity contribution in [1.29, 1.82) is 0 Å². The molecule has 106 valence electrons. The number of amides is 2. The van der Waals surface area contributed by atoms with E-state index in [1.165, 1.54) is 29.2 Å². The van der Waals surface area contributed by atoms with Gasteiger partial charge in [0.1, 0.15) is 5.82 Å². The number of allylic oxidation sites excluding steroid dienone is 2. The molecule has 1 heterocycles. The normalized spacial score (nSPS) is 42.2. The first-order valence-corrected chi connectivity index (χ1v) is 7.48. The average molecular weight is 283 g/mol. The fourth-order valence-corrected chi connectivity index (χ4v) is 4.80. The summed E-state index contributed by atoms with van der Waals surface area (Å²) in [6, 6.07) is 5.61. The van der Waals surface area contributed by atoms with Crippen molar-refractivity contribution < 1.29 is 14.0 Å². The maximum atomic E-state index is 13.1. The molecule has 1 aromatic carbocycles. The summed E-state index contributed by atoms with van der Waals surface area (Å²) < 4.78 is 13.1. The summed E-state index contributed by atoms with van der Waals surface area (Å²) in [5, 5.41) is 0. The third kappa shape index (κ3) is 1.33. The van der Waals surface area contributed by atoms with Gasteiger partial charge in [-0.05, 0) is 54.4 Å². The van der Waals surface area contributed by atoms with E-state index in [0.29, 0.717) is 17.5 Å². The molecule has 3 nitrogen and oxygen atoms in total. The van der Waals surface area contributed by atoms with Gasteiger partial charge in [-0.1, -0.05) is 12.2 Å². The third-order valence-electron chi connectivity index (χ3n) is 5.75. The second-order valence-electron chi connectivity index (χ2n) is 6.64. The highest BCUT2D eigenvalue weighted by Gasteiger charge is 2.67. The summed E-state index contributed by atoms with van der Waals surface area (Å²) >= 11 is 0. The lowest BCUT2D eigenvalue weighted by atomic mass is 9.63. The van der Waals surface area contributed by atoms with E-state index in [9.17, 15) is 14.0 Å². The van der Waals surface area contributed by atoms with Crippen molar-refractivity contribution in [1.82, 2.24) is 0 Å². The number of hydrogen-bond donors (Lipinski definition) is 0. The Balaban J connectivity index is 1.58. The van der Waals surface area contributed by atoms with Crippen LogP contribution in [0, 0.1) is 41.3 Å². The molecule has 0 N–H and O–H groups in total. The van der Waals surface area contributed by atoms with Crippen LogP contribution < -0.4 is 4.90 Å². The van der Waals surface area contributed by atoms with E-state index in [2.05, 4.69) is 12.2 Å². The Kier molecular flexibility index (Phi) is 2.01. The first-order chi connectivity index (χ1) is 10.2. The molecular weight excluding hydrogens is 269 g/mol. The predicted octanol–water partition coefficient (Wildman–Crippen LogP) is 2.38. The van der Waals surface area contributed by atoms with E-state index in [4.69, 9.17) is 0 Å². The molecule has 2 saturated carbocycles. The molecular formula is C17H14FNO2. The summed E-state index contributed by atoms with van der Waals surface area (Å²) in [4.78, 5) is 26.8. The predicted molar refractivity (Wildman–Crippen MR) is 73.6 cm³/mol. The number of hydrogen-bond acceptors (Lipinski definition) is 2. The first kappa shape index (κ1) is 11.7. The Morgan fingerprint density at radius 1 is 0.905 bits per heavy atom. The monoisotopic (exact) mass is 283 g/mol. The maximum absolute atomic E-state index is 13.1. The van der Waals surface area contributed by atoms with Crippen molar-refractivity contribution in [2.24, 2.45) is 35.5 Å². The van der Waals surface area contributed by atoms with Gasteiger partial charge in [0.25, 0.3) is 0 Å². The van der Waals surface area contributed by atoms with Gasteiger partial charge in [-0.3, -0.25) is 14.5 Å². The van der Waals surface area contributed by atoms with Crippen LogP contribution in [0.5, 0.6) is 0 Å². The largest absolute Gasteiger partial charge is 0.274 e. The number of halogens is 1. The molecule has 0 radical (unpaired) electrons. The molecule has 0 aromatic heterocycles. The molecule has 4 heteroatoms. The molecule has 0 unspecified atom stereocenters. The van der Waals surface area contributed by atoms with Gasteiger partial charge in [-0.25, -0.2) is 4.39 Å². The van der Waals surface area contributed by atoms with Crippen LogP contribution in [0.2, 0.25) is 0 Å². The highest BCUT2D eigenvalue weighted by atomic mass is 19.1. The quantitative estimate of drug-likeness (QED) is 0.586. The number of imide groups is 1. The second kappa shape index (κ2) is 3.62. The first-order valence-electron chi connectivity index (χ1n) is 7.48. The van der Waals surface area contributed by atoms with Crippen LogP contribution >= 0.6 is 0 Å². The third-order valence-corrected chi connectivity index (χ3v) is 5.75. The summed E-state index contributed by atoms with van der Waals surface area (Å²) in [6.45, 7) is 0. The molecule has 6 rings (SSSR count). The Morgan fingerprint density at radius 2 is 1.43 bits per heavy atom. The van der Waals surface area contributed by atoms with Crippen LogP contribution in [0.25, 0.3) is 0 Å². The summed E-state index contributed by atoms with van der Waals surface area (Å²) in [7, 11) is 0. The molecule has 6 atom stereocenters. The van der Waals surface area contributed by atoms with Crippen LogP contribution in [0.1, 0.15) is 6.42 Å². The van der Waals surface area contributed by atoms with Gasteiger partial charge in [-0.2, -0.15) is 0 Å². The second-order valence-corrected chi connectivity index (χ2v) is 6.64. The minimum atomic E-state index is -0.363. The number of nitrogens with zero attached hydrogens (tertiary/aromatic N) is 1. The van der Waals surface area contributed by atoms with Crippen molar-refractivity contribution in [2.45, 2.75) is 6.42 Å². The number of anilines is 1. The smallest absolute Gasteiger partial charge is 0.238 e. The van der Waals surface area contributed by atoms with E-state index in [1.807, 2.05) is 0 Å². The standard InChI is InChI=1S/C17H14FNO2/c18-8-1-3-9(4-2-8)19-16(20)14-10-5-6-11(13-7-12(10)13)15(14)17(19)21/h1-6,10-15H,7H2/t10-,11-,12-,13+,14+,15+/m1/s1. The van der Waals surface area contributed by atoms with Crippen LogP contribution in [-0.2, 0) is 9.59 Å². The lowest BCUT2D eigenvalue weighted by Gasteiger charge is -2.37. The molecule has 1 saturated heterocycles. The minimum absolute atomic E-state index is 0.0960. The Morgan fingerprint density at radius 3 is 1.95 bits per heavy atom. The van der Waals surface area contributed by atoms with Gasteiger partial charge >= 0.3 is 0 Å². The minimum Gasteiger partial charge on any atom is -0.274 e. The molecule has 1 aliphatic heterocycles. The highest BCUT2D eigenvalue weighted by Crippen LogP contribution is 2.65. The number of rotatable bonds is 1. The lowest BCUT2D eigenvalue weighted by molar-refractivity contribution is -0.124. The summed E-state index contributed by atoms with van der Waals surface area (Å²) in [5.74, 6) is 0.722. The Bertz CT molecular complexity index is 659. The molecule has 5 aliphatic rings. The van der Waals surface area contributed by atoms with Crippen molar-refractivity contribution in [3.05, 3.63) is 42.2 Å². The van der Waals surface area contributed by atoms with Crippen molar-refractivity contribution in [3.63, 3.8) is 0 Å². The average Bonchev–Trinajstić information content (AvgIpc) is 3.26. The SMILES string of the molecule is O=C1[C@H]2[C@@H]3C=C[C@H]([C@@H]4C[C@H]34)[C@@H]2C(=O)N1c1ccc(F)cc1. The molecule has 1 aromatic rings. The van der Waals surface area contributed by atoms with Crippen molar-refractivity contribution in [3.8, 4) is 0 Å². The molecule has 2 bridgehead atoms. The van der Waals surface area contributed by atoms with Crippen molar-refractivity contribution in [2.75, 3.05) is 4.90 Å². The van der Waals surface area contributed by atoms with Gasteiger partial charge in [0, 0.05) is 0 Å². The Hall–Kier alpha value is -1.97. The van der Waals surface area contributed by atoms with E-state index >= 15 is 0 Å². The molecule has 3 fully saturated rings. The zero-order chi connectivity index (χ0) is 14.3. The Labute approximate surface area is 121 Å². The molecule has 21 heavy (non-hydrogen) atoms. The maximum Gasteiger partial charge on any atom is 0.238 e. The highest BCUT2D eigenvalue weighted by molar-refractivity contribution is 6.22. The fourth-order valence-electron chi connectivity index (χ4n) is 4.80. The van der Waals surface area contributed by atoms with Gasteiger partial charge in [0.15, 0.2) is 0 Å². The van der Waals surface area contributed by atoms with Gasteiger partial charge < -0.3 is 0 Å². The molecule has 4 aliphatic carbocycles. The van der Waals surface area contributed by atoms with Crippen LogP contribution in [0.15, 0.2) is 36.4 Å². The van der Waals surface area contributed by atoms with Gasteiger partial charge in [-0.15, -0.1) is 0 Å². The summed E-state index contributed by atoms with van der Waals surface area (Å²) in [5.41, 5.74) is 0.494. The van der Waals surface area contributed by atoms with Crippen LogP contribution in [0.3, 0.4) is 0 Å². The number of carbonyl (C=O) groups excluding carboxylic acids is 2. The van der Waals surface area contributed by atoms with Crippen LogP contribution in [0.4, 0.5) is 10.1 Å². The fraction of sp³-hybridized carbons (Fsp3) is 0.412. The van der Waals surface area contributed by atoms with E-state index in [1.54, 1.807) is 0 Å². The van der Waals surface area contributed by atoms with E-state index < -0.39 is 0 Å². The van der Waals surface area contributed by atoms with E-state index in [-0.39, 0.29) is 41.3 Å². The zero-order valence-corrected chi connectivity index (χ0v) is 11.3. The summed E-state index contributed by atoms with van der Waals surface area (Å²) in [6.07, 6.45) is 5.46. The van der Waals surface area contributed by atoms with Crippen molar-refractivity contribution >= 4 is 17.5 Å². The topological polar surface area (TPSA) is 37.4 Å². The lowest BCUT2D eigenvalue weighted by Crippen LogP contribution is -2.40. The van der Waals surface area contributed by atoms with E-state index in [0.717, 1.165) is 6.42 Å². The zero-order valence-electron chi connectivity index (χ0n) is 11.3. The van der Waals surface area contributed by atoms with Crippen LogP contribution in [-0.4, -0.2) is 11.8 Å². The van der Waals surface area contributed by atoms with Gasteiger partial charge in [0.2, 0.25) is 11.8 Å².